The van der Waals surface area contributed by atoms with Gasteiger partial charge in [0.05, 0.1) is 6.26 Å². The van der Waals surface area contributed by atoms with E-state index in [-0.39, 0.29) is 48.4 Å². The zero-order chi connectivity index (χ0) is 23.3. The van der Waals surface area contributed by atoms with Crippen molar-refractivity contribution in [3.8, 4) is 0 Å². The van der Waals surface area contributed by atoms with E-state index >= 15 is 0 Å². The Morgan fingerprint density at radius 2 is 1.79 bits per heavy atom. The number of carbonyl (C=O) groups excluding carboxylic acids is 2. The van der Waals surface area contributed by atoms with Gasteiger partial charge in [-0.05, 0) is 37.2 Å². The second kappa shape index (κ2) is 11.8. The number of amides is 2. The first-order valence-electron chi connectivity index (χ1n) is 11.1. The third-order valence-corrected chi connectivity index (χ3v) is 7.05. The molecule has 1 saturated heterocycles. The largest absolute Gasteiger partial charge is 1.00 e. The number of hydrogen-bond acceptors (Lipinski definition) is 5. The molecular formula is C22H33ClN5O4S-. The van der Waals surface area contributed by atoms with Crippen molar-refractivity contribution in [3.63, 3.8) is 0 Å². The number of likely N-dealkylation sites (tertiary alicyclic amines) is 1. The second-order valence-corrected chi connectivity index (χ2v) is 10.6. The number of halogens is 1. The van der Waals surface area contributed by atoms with Crippen LogP contribution in [0.15, 0.2) is 24.3 Å². The number of amidine groups is 1. The van der Waals surface area contributed by atoms with Crippen molar-refractivity contribution >= 4 is 27.7 Å². The fourth-order valence-corrected chi connectivity index (χ4v) is 5.53. The van der Waals surface area contributed by atoms with Gasteiger partial charge in [0.2, 0.25) is 21.8 Å². The number of hydrogen-bond donors (Lipinski definition) is 4. The van der Waals surface area contributed by atoms with Crippen LogP contribution in [0.2, 0.25) is 0 Å². The Balaban J connectivity index is 0.00000385. The van der Waals surface area contributed by atoms with Crippen LogP contribution in [0.1, 0.15) is 56.1 Å². The molecule has 1 aromatic carbocycles. The number of benzene rings is 1. The maximum absolute atomic E-state index is 13.1. The van der Waals surface area contributed by atoms with E-state index in [1.54, 1.807) is 17.0 Å². The lowest BCUT2D eigenvalue weighted by molar-refractivity contribution is -0.139. The molecule has 1 heterocycles. The minimum absolute atomic E-state index is 0. The van der Waals surface area contributed by atoms with Gasteiger partial charge in [-0.25, -0.2) is 13.1 Å². The summed E-state index contributed by atoms with van der Waals surface area (Å²) in [6.45, 7) is 0.875. The van der Waals surface area contributed by atoms with Crippen LogP contribution in [0, 0.1) is 11.3 Å². The SMILES string of the molecule is CS(=O)(=O)NC1CCCC[C@@H]1CC(=O)N1CCC[C@H]1C(=O)NCc1ccc(C(=N)N)cc1.[Cl-]. The van der Waals surface area contributed by atoms with Crippen LogP contribution in [-0.2, 0) is 26.2 Å². The second-order valence-electron chi connectivity index (χ2n) is 8.82. The number of nitrogen functional groups attached to an aromatic ring is 1. The Morgan fingerprint density at radius 3 is 2.42 bits per heavy atom. The highest BCUT2D eigenvalue weighted by molar-refractivity contribution is 7.88. The average Bonchev–Trinajstić information content (AvgIpc) is 3.23. The molecule has 184 valence electrons. The van der Waals surface area contributed by atoms with Crippen molar-refractivity contribution in [1.29, 1.82) is 5.41 Å². The predicted molar refractivity (Wildman–Crippen MR) is 122 cm³/mol. The molecule has 1 aliphatic heterocycles. The lowest BCUT2D eigenvalue weighted by Crippen LogP contribution is -3.00. The molecule has 5 N–H and O–H groups in total. The van der Waals surface area contributed by atoms with Crippen molar-refractivity contribution in [2.75, 3.05) is 12.8 Å². The Kier molecular flexibility index (Phi) is 9.69. The van der Waals surface area contributed by atoms with E-state index in [4.69, 9.17) is 11.1 Å². The molecular weight excluding hydrogens is 466 g/mol. The number of nitrogens with one attached hydrogen (secondary N) is 3. The van der Waals surface area contributed by atoms with Gasteiger partial charge in [0.25, 0.3) is 0 Å². The molecule has 9 nitrogen and oxygen atoms in total. The van der Waals surface area contributed by atoms with Crippen molar-refractivity contribution in [2.45, 2.75) is 63.6 Å². The Bertz CT molecular complexity index is 954. The molecule has 1 unspecified atom stereocenters. The highest BCUT2D eigenvalue weighted by Crippen LogP contribution is 2.29. The molecule has 1 aliphatic carbocycles. The molecule has 0 aromatic heterocycles. The summed E-state index contributed by atoms with van der Waals surface area (Å²) < 4.78 is 26.1. The fourth-order valence-electron chi connectivity index (χ4n) is 4.67. The van der Waals surface area contributed by atoms with Gasteiger partial charge in [0.15, 0.2) is 0 Å². The average molecular weight is 499 g/mol. The lowest BCUT2D eigenvalue weighted by atomic mass is 9.82. The molecule has 0 spiro atoms. The third-order valence-electron chi connectivity index (χ3n) is 6.32. The van der Waals surface area contributed by atoms with Gasteiger partial charge in [-0.3, -0.25) is 15.0 Å². The summed E-state index contributed by atoms with van der Waals surface area (Å²) in [6.07, 6.45) is 6.26. The van der Waals surface area contributed by atoms with Crippen molar-refractivity contribution in [3.05, 3.63) is 35.4 Å². The summed E-state index contributed by atoms with van der Waals surface area (Å²) in [6, 6.07) is 6.37. The molecule has 3 atom stereocenters. The van der Waals surface area contributed by atoms with Gasteiger partial charge >= 0.3 is 0 Å². The summed E-state index contributed by atoms with van der Waals surface area (Å²) >= 11 is 0. The van der Waals surface area contributed by atoms with Gasteiger partial charge in [-0.15, -0.1) is 0 Å². The van der Waals surface area contributed by atoms with E-state index in [1.165, 1.54) is 0 Å². The van der Waals surface area contributed by atoms with Crippen LogP contribution in [0.3, 0.4) is 0 Å². The quantitative estimate of drug-likeness (QED) is 0.244. The maximum Gasteiger partial charge on any atom is 0.243 e. The van der Waals surface area contributed by atoms with Crippen LogP contribution in [0.5, 0.6) is 0 Å². The molecule has 33 heavy (non-hydrogen) atoms. The fraction of sp³-hybridized carbons (Fsp3) is 0.591. The first kappa shape index (κ1) is 27.1. The van der Waals surface area contributed by atoms with Crippen LogP contribution in [-0.4, -0.2) is 55.9 Å². The van der Waals surface area contributed by atoms with Crippen LogP contribution in [0.4, 0.5) is 0 Å². The Labute approximate surface area is 201 Å². The molecule has 11 heteroatoms. The highest BCUT2D eigenvalue weighted by atomic mass is 35.5. The topological polar surface area (TPSA) is 145 Å². The monoisotopic (exact) mass is 498 g/mol. The van der Waals surface area contributed by atoms with Gasteiger partial charge in [-0.2, -0.15) is 0 Å². The smallest absolute Gasteiger partial charge is 0.243 e. The molecule has 2 fully saturated rings. The highest BCUT2D eigenvalue weighted by Gasteiger charge is 2.36. The molecule has 1 saturated carbocycles. The van der Waals surface area contributed by atoms with Gasteiger partial charge in [0.1, 0.15) is 11.9 Å². The molecule has 2 aliphatic rings. The summed E-state index contributed by atoms with van der Waals surface area (Å²) in [5, 5.41) is 10.3. The number of nitrogens with zero attached hydrogens (tertiary/aromatic N) is 1. The first-order valence-corrected chi connectivity index (χ1v) is 13.0. The van der Waals surface area contributed by atoms with E-state index in [0.717, 1.165) is 43.9 Å². The lowest BCUT2D eigenvalue weighted by Gasteiger charge is -2.33. The zero-order valence-electron chi connectivity index (χ0n) is 18.8. The number of rotatable bonds is 8. The van der Waals surface area contributed by atoms with Gasteiger partial charge in [-0.1, -0.05) is 37.1 Å². The molecule has 3 rings (SSSR count). The minimum Gasteiger partial charge on any atom is -1.00 e. The standard InChI is InChI=1S/C22H33N5O4S.ClH/c1-32(30,31)26-18-6-3-2-5-17(18)13-20(28)27-12-4-7-19(27)22(29)25-14-15-8-10-16(11-9-15)21(23)24;/h8-11,17-19,26H,2-7,12-14H2,1H3,(H3,23,24)(H,25,29);1H/p-1/t17-,18?,19+;/m1./s1. The van der Waals surface area contributed by atoms with Crippen LogP contribution in [0.25, 0.3) is 0 Å². The van der Waals surface area contributed by atoms with Crippen molar-refractivity contribution < 1.29 is 30.4 Å². The number of carbonyl (C=O) groups is 2. The van der Waals surface area contributed by atoms with Crippen LogP contribution < -0.4 is 28.2 Å². The molecule has 0 bridgehead atoms. The zero-order valence-corrected chi connectivity index (χ0v) is 20.4. The van der Waals surface area contributed by atoms with E-state index in [0.29, 0.717) is 25.1 Å². The normalized spacial score (nSPS) is 22.9. The molecule has 2 amide bonds. The van der Waals surface area contributed by atoms with E-state index in [9.17, 15) is 18.0 Å². The summed E-state index contributed by atoms with van der Waals surface area (Å²) in [5.41, 5.74) is 6.97. The summed E-state index contributed by atoms with van der Waals surface area (Å²) in [7, 11) is -3.33. The van der Waals surface area contributed by atoms with Gasteiger partial charge < -0.3 is 28.4 Å². The van der Waals surface area contributed by atoms with E-state index in [1.807, 2.05) is 12.1 Å². The Hall–Kier alpha value is -2.17. The van der Waals surface area contributed by atoms with Crippen molar-refractivity contribution in [1.82, 2.24) is 14.9 Å². The first-order chi connectivity index (χ1) is 15.1. The van der Waals surface area contributed by atoms with Crippen molar-refractivity contribution in [2.24, 2.45) is 11.7 Å². The van der Waals surface area contributed by atoms with Crippen LogP contribution >= 0.6 is 0 Å². The third kappa shape index (κ3) is 7.68. The molecule has 0 radical (unpaired) electrons. The minimum atomic E-state index is -3.33. The van der Waals surface area contributed by atoms with E-state index < -0.39 is 16.1 Å². The van der Waals surface area contributed by atoms with E-state index in [2.05, 4.69) is 10.0 Å². The Morgan fingerprint density at radius 1 is 1.12 bits per heavy atom. The summed E-state index contributed by atoms with van der Waals surface area (Å²) in [5.74, 6) is -0.315. The predicted octanol–water partition coefficient (Wildman–Crippen LogP) is -1.92. The molecule has 1 aromatic rings. The summed E-state index contributed by atoms with van der Waals surface area (Å²) in [4.78, 5) is 27.5. The maximum atomic E-state index is 13.1. The van der Waals surface area contributed by atoms with Gasteiger partial charge in [0, 0.05) is 31.1 Å². The number of sulfonamides is 1. The number of nitrogens with two attached hydrogens (primary N) is 1.